The van der Waals surface area contributed by atoms with Crippen LogP contribution in [0.1, 0.15) is 6.42 Å². The maximum absolute atomic E-state index is 10.3. The third-order valence-corrected chi connectivity index (χ3v) is 1.62. The average molecular weight is 150 g/mol. The molecule has 1 rings (SSSR count). The first-order valence-corrected chi connectivity index (χ1v) is 3.42. The topological polar surface area (TPSA) is 66.9 Å². The minimum Gasteiger partial charge on any atom is -0.384 e. The minimum atomic E-state index is -0.0295. The van der Waals surface area contributed by atoms with E-state index in [4.69, 9.17) is 11.1 Å². The second-order valence-corrected chi connectivity index (χ2v) is 2.47. The molecule has 3 heteroatoms. The van der Waals surface area contributed by atoms with Crippen molar-refractivity contribution < 1.29 is 4.79 Å². The third-order valence-electron chi connectivity index (χ3n) is 1.62. The Labute approximate surface area is 65.1 Å². The van der Waals surface area contributed by atoms with E-state index in [0.29, 0.717) is 12.0 Å². The summed E-state index contributed by atoms with van der Waals surface area (Å²) in [7, 11) is 0. The van der Waals surface area contributed by atoms with Crippen LogP contribution in [-0.4, -0.2) is 12.1 Å². The Balaban J connectivity index is 2.66. The number of hydrogen-bond donors (Lipinski definition) is 2. The average Bonchev–Trinajstić information content (AvgIpc) is 2.05. The molecule has 0 amide bonds. The highest BCUT2D eigenvalue weighted by Crippen LogP contribution is 2.13. The van der Waals surface area contributed by atoms with Crippen molar-refractivity contribution in [2.24, 2.45) is 11.7 Å². The van der Waals surface area contributed by atoms with E-state index in [9.17, 15) is 4.79 Å². The summed E-state index contributed by atoms with van der Waals surface area (Å²) in [5, 5.41) is 7.08. The zero-order valence-corrected chi connectivity index (χ0v) is 6.08. The maximum Gasteiger partial charge on any atom is 0.127 e. The molecule has 0 aromatic carbocycles. The van der Waals surface area contributed by atoms with Gasteiger partial charge in [0.1, 0.15) is 12.1 Å². The fourth-order valence-corrected chi connectivity index (χ4v) is 0.938. The van der Waals surface area contributed by atoms with Crippen molar-refractivity contribution >= 4 is 12.1 Å². The molecular weight excluding hydrogens is 140 g/mol. The van der Waals surface area contributed by atoms with Crippen molar-refractivity contribution in [2.45, 2.75) is 6.42 Å². The number of aldehydes is 1. The van der Waals surface area contributed by atoms with Gasteiger partial charge in [-0.3, -0.25) is 5.41 Å². The normalized spacial score (nSPS) is 22.5. The van der Waals surface area contributed by atoms with Crippen LogP contribution in [0.5, 0.6) is 0 Å². The highest BCUT2D eigenvalue weighted by Gasteiger charge is 2.07. The smallest absolute Gasteiger partial charge is 0.127 e. The van der Waals surface area contributed by atoms with Gasteiger partial charge in [-0.25, -0.2) is 0 Å². The summed E-state index contributed by atoms with van der Waals surface area (Å²) in [5.41, 5.74) is 5.94. The van der Waals surface area contributed by atoms with E-state index in [2.05, 4.69) is 0 Å². The summed E-state index contributed by atoms with van der Waals surface area (Å²) >= 11 is 0. The standard InChI is InChI=1S/C8H10N2O/c9-8(10)7-3-1-6(5-11)2-4-7/h1,3-6H,2H2,(H3,9,10). The number of nitrogens with one attached hydrogen (secondary N) is 1. The van der Waals surface area contributed by atoms with Gasteiger partial charge >= 0.3 is 0 Å². The van der Waals surface area contributed by atoms with Crippen molar-refractivity contribution in [3.05, 3.63) is 23.8 Å². The lowest BCUT2D eigenvalue weighted by Gasteiger charge is -2.08. The summed E-state index contributed by atoms with van der Waals surface area (Å²) in [4.78, 5) is 10.3. The van der Waals surface area contributed by atoms with Crippen molar-refractivity contribution in [3.8, 4) is 0 Å². The van der Waals surface area contributed by atoms with Gasteiger partial charge < -0.3 is 10.5 Å². The third kappa shape index (κ3) is 1.77. The first kappa shape index (κ1) is 7.72. The Hall–Kier alpha value is -1.38. The number of hydrogen-bond acceptors (Lipinski definition) is 2. The van der Waals surface area contributed by atoms with E-state index in [1.807, 2.05) is 0 Å². The fraction of sp³-hybridized carbons (Fsp3) is 0.250. The van der Waals surface area contributed by atoms with Crippen molar-refractivity contribution in [1.82, 2.24) is 0 Å². The molecule has 1 atom stereocenters. The lowest BCUT2D eigenvalue weighted by Crippen LogP contribution is -2.14. The fourth-order valence-electron chi connectivity index (χ4n) is 0.938. The quantitative estimate of drug-likeness (QED) is 0.344. The largest absolute Gasteiger partial charge is 0.384 e. The molecule has 3 nitrogen and oxygen atoms in total. The van der Waals surface area contributed by atoms with Gasteiger partial charge in [-0.1, -0.05) is 18.2 Å². The molecule has 0 spiro atoms. The monoisotopic (exact) mass is 150 g/mol. The van der Waals surface area contributed by atoms with Crippen LogP contribution < -0.4 is 5.73 Å². The molecule has 0 aromatic heterocycles. The highest BCUT2D eigenvalue weighted by atomic mass is 16.1. The molecule has 1 aliphatic rings. The summed E-state index contributed by atoms with van der Waals surface area (Å²) in [6, 6.07) is 0. The maximum atomic E-state index is 10.3. The number of rotatable bonds is 2. The van der Waals surface area contributed by atoms with Gasteiger partial charge in [-0.05, 0) is 6.42 Å². The van der Waals surface area contributed by atoms with E-state index in [1.54, 1.807) is 18.2 Å². The second-order valence-electron chi connectivity index (χ2n) is 2.47. The van der Waals surface area contributed by atoms with Gasteiger partial charge in [0.05, 0.1) is 0 Å². The molecule has 0 fully saturated rings. The molecule has 0 saturated heterocycles. The Morgan fingerprint density at radius 3 is 2.91 bits per heavy atom. The molecule has 0 saturated carbocycles. The summed E-state index contributed by atoms with van der Waals surface area (Å²) in [6.07, 6.45) is 6.84. The van der Waals surface area contributed by atoms with Gasteiger partial charge in [-0.2, -0.15) is 0 Å². The zero-order valence-electron chi connectivity index (χ0n) is 6.08. The van der Waals surface area contributed by atoms with E-state index in [-0.39, 0.29) is 11.8 Å². The highest BCUT2D eigenvalue weighted by molar-refractivity contribution is 5.97. The molecular formula is C8H10N2O. The number of carbonyl (C=O) groups excluding carboxylic acids is 1. The van der Waals surface area contributed by atoms with Crippen LogP contribution in [-0.2, 0) is 4.79 Å². The van der Waals surface area contributed by atoms with Crippen LogP contribution in [0.2, 0.25) is 0 Å². The first-order valence-electron chi connectivity index (χ1n) is 3.42. The van der Waals surface area contributed by atoms with Gasteiger partial charge in [0.25, 0.3) is 0 Å². The van der Waals surface area contributed by atoms with Crippen molar-refractivity contribution in [3.63, 3.8) is 0 Å². The van der Waals surface area contributed by atoms with Crippen LogP contribution in [0.3, 0.4) is 0 Å². The van der Waals surface area contributed by atoms with Gasteiger partial charge in [0.15, 0.2) is 0 Å². The Morgan fingerprint density at radius 2 is 2.55 bits per heavy atom. The van der Waals surface area contributed by atoms with Crippen LogP contribution in [0, 0.1) is 11.3 Å². The predicted octanol–water partition coefficient (Wildman–Crippen LogP) is 0.624. The molecule has 0 radical (unpaired) electrons. The van der Waals surface area contributed by atoms with E-state index in [1.165, 1.54) is 0 Å². The summed E-state index contributed by atoms with van der Waals surface area (Å²) in [6.45, 7) is 0. The SMILES string of the molecule is N=C(N)C1=CCC(C=O)C=C1. The summed E-state index contributed by atoms with van der Waals surface area (Å²) < 4.78 is 0. The molecule has 0 aliphatic heterocycles. The lowest BCUT2D eigenvalue weighted by molar-refractivity contribution is -0.109. The van der Waals surface area contributed by atoms with Gasteiger partial charge in [0, 0.05) is 11.5 Å². The Morgan fingerprint density at radius 1 is 1.82 bits per heavy atom. The van der Waals surface area contributed by atoms with Gasteiger partial charge in [-0.15, -0.1) is 0 Å². The van der Waals surface area contributed by atoms with E-state index >= 15 is 0 Å². The molecule has 0 aromatic rings. The lowest BCUT2D eigenvalue weighted by atomic mass is 9.98. The van der Waals surface area contributed by atoms with E-state index in [0.717, 1.165) is 6.29 Å². The Kier molecular flexibility index (Phi) is 2.21. The molecule has 0 heterocycles. The number of amidine groups is 1. The number of nitrogens with two attached hydrogens (primary N) is 1. The Bertz CT molecular complexity index is 240. The zero-order chi connectivity index (χ0) is 8.27. The molecule has 1 unspecified atom stereocenters. The molecule has 0 bridgehead atoms. The van der Waals surface area contributed by atoms with Crippen LogP contribution >= 0.6 is 0 Å². The first-order chi connectivity index (χ1) is 5.24. The minimum absolute atomic E-state index is 0.0295. The molecule has 3 N–H and O–H groups in total. The second kappa shape index (κ2) is 3.14. The predicted molar refractivity (Wildman–Crippen MR) is 43.3 cm³/mol. The van der Waals surface area contributed by atoms with Crippen molar-refractivity contribution in [2.75, 3.05) is 0 Å². The number of carbonyl (C=O) groups is 1. The van der Waals surface area contributed by atoms with E-state index < -0.39 is 0 Å². The summed E-state index contributed by atoms with van der Waals surface area (Å²) in [5.74, 6) is 0.0312. The van der Waals surface area contributed by atoms with Crippen LogP contribution in [0.25, 0.3) is 0 Å². The molecule has 1 aliphatic carbocycles. The van der Waals surface area contributed by atoms with Crippen LogP contribution in [0.15, 0.2) is 23.8 Å². The number of allylic oxidation sites excluding steroid dienone is 2. The van der Waals surface area contributed by atoms with Crippen molar-refractivity contribution in [1.29, 1.82) is 5.41 Å². The van der Waals surface area contributed by atoms with Gasteiger partial charge in [0.2, 0.25) is 0 Å². The molecule has 11 heavy (non-hydrogen) atoms. The molecule has 58 valence electrons. The van der Waals surface area contributed by atoms with Crippen LogP contribution in [0.4, 0.5) is 0 Å².